The molecule has 90 valence electrons. The molecule has 3 N–H and O–H groups in total. The summed E-state index contributed by atoms with van der Waals surface area (Å²) < 4.78 is 5.04. The van der Waals surface area contributed by atoms with Crippen molar-refractivity contribution in [3.63, 3.8) is 0 Å². The van der Waals surface area contributed by atoms with Crippen molar-refractivity contribution in [2.75, 3.05) is 26.8 Å². The van der Waals surface area contributed by atoms with Crippen molar-refractivity contribution in [1.82, 2.24) is 4.90 Å². The van der Waals surface area contributed by atoms with Gasteiger partial charge in [0.2, 0.25) is 0 Å². The van der Waals surface area contributed by atoms with Gasteiger partial charge in [-0.2, -0.15) is 0 Å². The summed E-state index contributed by atoms with van der Waals surface area (Å²) in [6.45, 7) is 6.90. The summed E-state index contributed by atoms with van der Waals surface area (Å²) in [5, 5.41) is 11.3. The number of methoxy groups -OCH3 is 1. The Morgan fingerprint density at radius 3 is 2.60 bits per heavy atom. The summed E-state index contributed by atoms with van der Waals surface area (Å²) in [5.74, 6) is 0.297. The molecule has 0 aromatic rings. The van der Waals surface area contributed by atoms with Gasteiger partial charge in [-0.3, -0.25) is 4.90 Å². The lowest BCUT2D eigenvalue weighted by atomic mass is 10.2. The summed E-state index contributed by atoms with van der Waals surface area (Å²) in [6.07, 6.45) is 1.53. The molecule has 0 radical (unpaired) electrons. The van der Waals surface area contributed by atoms with Crippen LogP contribution in [0.25, 0.3) is 0 Å². The smallest absolute Gasteiger partial charge is 0.139 e. The summed E-state index contributed by atoms with van der Waals surface area (Å²) in [7, 11) is 1.70. The van der Waals surface area contributed by atoms with E-state index >= 15 is 0 Å². The monoisotopic (exact) mass is 217 g/mol. The van der Waals surface area contributed by atoms with Crippen molar-refractivity contribution in [3.8, 4) is 0 Å². The molecule has 0 aliphatic rings. The molecular formula is C10H23N3O2. The number of rotatable bonds is 8. The third-order valence-electron chi connectivity index (χ3n) is 2.32. The lowest BCUT2D eigenvalue weighted by Crippen LogP contribution is -2.35. The second-order valence-electron chi connectivity index (χ2n) is 3.82. The first-order valence-corrected chi connectivity index (χ1v) is 5.31. The highest BCUT2D eigenvalue weighted by atomic mass is 16.5. The van der Waals surface area contributed by atoms with E-state index in [1.165, 1.54) is 0 Å². The van der Waals surface area contributed by atoms with E-state index in [9.17, 15) is 0 Å². The second kappa shape index (κ2) is 8.49. The highest BCUT2D eigenvalue weighted by Crippen LogP contribution is 2.01. The number of hydrogen-bond acceptors (Lipinski definition) is 4. The van der Waals surface area contributed by atoms with Gasteiger partial charge in [-0.1, -0.05) is 5.16 Å². The SMILES string of the molecule is COCCN(CCCC(N)=NO)C(C)C. The minimum atomic E-state index is 0.297. The fraction of sp³-hybridized carbons (Fsp3) is 0.900. The van der Waals surface area contributed by atoms with Crippen molar-refractivity contribution >= 4 is 5.84 Å². The van der Waals surface area contributed by atoms with E-state index in [4.69, 9.17) is 15.7 Å². The molecule has 5 nitrogen and oxygen atoms in total. The average Bonchev–Trinajstić information content (AvgIpc) is 2.22. The molecule has 0 saturated carbocycles. The van der Waals surface area contributed by atoms with E-state index in [-0.39, 0.29) is 0 Å². The predicted octanol–water partition coefficient (Wildman–Crippen LogP) is 0.870. The van der Waals surface area contributed by atoms with Crippen LogP contribution in [0.2, 0.25) is 0 Å². The van der Waals surface area contributed by atoms with Crippen LogP contribution in [0.5, 0.6) is 0 Å². The van der Waals surface area contributed by atoms with Crippen molar-refractivity contribution in [2.24, 2.45) is 10.9 Å². The van der Waals surface area contributed by atoms with Crippen LogP contribution in [0.4, 0.5) is 0 Å². The molecule has 0 amide bonds. The quantitative estimate of drug-likeness (QED) is 0.274. The molecule has 0 spiro atoms. The first-order valence-electron chi connectivity index (χ1n) is 5.31. The third-order valence-corrected chi connectivity index (χ3v) is 2.32. The molecule has 0 aromatic carbocycles. The topological polar surface area (TPSA) is 71.1 Å². The lowest BCUT2D eigenvalue weighted by Gasteiger charge is -2.25. The maximum atomic E-state index is 8.38. The second-order valence-corrected chi connectivity index (χ2v) is 3.82. The van der Waals surface area contributed by atoms with Crippen molar-refractivity contribution in [2.45, 2.75) is 32.7 Å². The molecule has 15 heavy (non-hydrogen) atoms. The molecule has 0 fully saturated rings. The van der Waals surface area contributed by atoms with Crippen LogP contribution >= 0.6 is 0 Å². The van der Waals surface area contributed by atoms with Gasteiger partial charge < -0.3 is 15.7 Å². The zero-order valence-electron chi connectivity index (χ0n) is 9.94. The van der Waals surface area contributed by atoms with Crippen LogP contribution in [-0.4, -0.2) is 48.8 Å². The summed E-state index contributed by atoms with van der Waals surface area (Å²) in [4.78, 5) is 2.31. The van der Waals surface area contributed by atoms with Crippen LogP contribution in [-0.2, 0) is 4.74 Å². The van der Waals surface area contributed by atoms with Crippen LogP contribution < -0.4 is 5.73 Å². The predicted molar refractivity (Wildman–Crippen MR) is 61.2 cm³/mol. The van der Waals surface area contributed by atoms with Crippen LogP contribution in [0, 0.1) is 0 Å². The Bertz CT molecular complexity index is 184. The Kier molecular flexibility index (Phi) is 8.04. The van der Waals surface area contributed by atoms with Crippen molar-refractivity contribution in [3.05, 3.63) is 0 Å². The van der Waals surface area contributed by atoms with Crippen molar-refractivity contribution in [1.29, 1.82) is 0 Å². The van der Waals surface area contributed by atoms with Gasteiger partial charge in [-0.15, -0.1) is 0 Å². The Labute approximate surface area is 91.9 Å². The number of ether oxygens (including phenoxy) is 1. The summed E-state index contributed by atoms with van der Waals surface area (Å²) >= 11 is 0. The molecule has 5 heteroatoms. The Balaban J connectivity index is 3.75. The molecule has 0 saturated heterocycles. The molecule has 0 aromatic heterocycles. The number of amidine groups is 1. The minimum absolute atomic E-state index is 0.297. The molecular weight excluding hydrogens is 194 g/mol. The largest absolute Gasteiger partial charge is 0.409 e. The van der Waals surface area contributed by atoms with E-state index in [1.807, 2.05) is 0 Å². The first-order chi connectivity index (χ1) is 7.11. The Hall–Kier alpha value is -0.810. The van der Waals surface area contributed by atoms with E-state index in [0.717, 1.165) is 26.1 Å². The third kappa shape index (κ3) is 7.16. The highest BCUT2D eigenvalue weighted by molar-refractivity contribution is 5.79. The number of oxime groups is 1. The number of nitrogens with zero attached hydrogens (tertiary/aromatic N) is 2. The number of hydrogen-bond donors (Lipinski definition) is 2. The molecule has 0 aliphatic heterocycles. The van der Waals surface area contributed by atoms with Gasteiger partial charge in [0.25, 0.3) is 0 Å². The summed E-state index contributed by atoms with van der Waals surface area (Å²) in [5.41, 5.74) is 5.39. The molecule has 0 bridgehead atoms. The lowest BCUT2D eigenvalue weighted by molar-refractivity contribution is 0.129. The molecule has 0 unspecified atom stereocenters. The molecule has 0 atom stereocenters. The van der Waals surface area contributed by atoms with Gasteiger partial charge in [0.05, 0.1) is 6.61 Å². The highest BCUT2D eigenvalue weighted by Gasteiger charge is 2.08. The van der Waals surface area contributed by atoms with E-state index in [1.54, 1.807) is 7.11 Å². The van der Waals surface area contributed by atoms with E-state index < -0.39 is 0 Å². The minimum Gasteiger partial charge on any atom is -0.409 e. The average molecular weight is 217 g/mol. The van der Waals surface area contributed by atoms with Crippen molar-refractivity contribution < 1.29 is 9.94 Å². The fourth-order valence-electron chi connectivity index (χ4n) is 1.35. The number of nitrogens with two attached hydrogens (primary N) is 1. The van der Waals surface area contributed by atoms with Crippen LogP contribution in [0.15, 0.2) is 5.16 Å². The Morgan fingerprint density at radius 2 is 2.13 bits per heavy atom. The molecule has 0 aliphatic carbocycles. The summed E-state index contributed by atoms with van der Waals surface area (Å²) in [6, 6.07) is 0.493. The van der Waals surface area contributed by atoms with Crippen LogP contribution in [0.3, 0.4) is 0 Å². The molecule has 0 heterocycles. The van der Waals surface area contributed by atoms with Gasteiger partial charge in [-0.25, -0.2) is 0 Å². The standard InChI is InChI=1S/C10H23N3O2/c1-9(2)13(7-8-15-3)6-4-5-10(11)12-14/h9,14H,4-8H2,1-3H3,(H2,11,12). The van der Waals surface area contributed by atoms with Crippen LogP contribution in [0.1, 0.15) is 26.7 Å². The van der Waals surface area contributed by atoms with Gasteiger partial charge in [0.1, 0.15) is 5.84 Å². The molecule has 0 rings (SSSR count). The van der Waals surface area contributed by atoms with Gasteiger partial charge in [0, 0.05) is 26.1 Å². The zero-order chi connectivity index (χ0) is 11.7. The van der Waals surface area contributed by atoms with Gasteiger partial charge >= 0.3 is 0 Å². The maximum Gasteiger partial charge on any atom is 0.139 e. The van der Waals surface area contributed by atoms with Gasteiger partial charge in [-0.05, 0) is 26.8 Å². The van der Waals surface area contributed by atoms with E-state index in [2.05, 4.69) is 23.9 Å². The Morgan fingerprint density at radius 1 is 1.47 bits per heavy atom. The first kappa shape index (κ1) is 14.2. The normalized spacial score (nSPS) is 12.7. The maximum absolute atomic E-state index is 8.38. The van der Waals surface area contributed by atoms with Gasteiger partial charge in [0.15, 0.2) is 0 Å². The zero-order valence-corrected chi connectivity index (χ0v) is 9.94. The van der Waals surface area contributed by atoms with E-state index in [0.29, 0.717) is 18.3 Å². The fourth-order valence-corrected chi connectivity index (χ4v) is 1.35.